The highest BCUT2D eigenvalue weighted by Gasteiger charge is 2.20. The Hall–Kier alpha value is -2.24. The summed E-state index contributed by atoms with van der Waals surface area (Å²) in [4.78, 5) is 23.4. The summed E-state index contributed by atoms with van der Waals surface area (Å²) in [5.74, 6) is 1.10. The average molecular weight is 406 g/mol. The van der Waals surface area contributed by atoms with Gasteiger partial charge < -0.3 is 19.5 Å². The number of carbonyl (C=O) groups is 2. The van der Waals surface area contributed by atoms with Crippen molar-refractivity contribution in [3.63, 3.8) is 0 Å². The van der Waals surface area contributed by atoms with Crippen molar-refractivity contribution >= 4 is 12.1 Å². The molecule has 0 aliphatic heterocycles. The minimum Gasteiger partial charge on any atom is -0.494 e. The van der Waals surface area contributed by atoms with E-state index in [4.69, 9.17) is 14.2 Å². The van der Waals surface area contributed by atoms with Gasteiger partial charge in [-0.15, -0.1) is 0 Å². The number of alkyl carbamates (subject to hydrolysis) is 1. The van der Waals surface area contributed by atoms with Gasteiger partial charge >= 0.3 is 12.1 Å². The number of fused-ring (bicyclic) bond motifs is 1. The predicted octanol–water partition coefficient (Wildman–Crippen LogP) is 4.43. The summed E-state index contributed by atoms with van der Waals surface area (Å²) in [6, 6.07) is 6.23. The molecule has 29 heavy (non-hydrogen) atoms. The zero-order chi connectivity index (χ0) is 21.3. The average Bonchev–Trinajstić information content (AvgIpc) is 2.81. The minimum absolute atomic E-state index is 0.0964. The van der Waals surface area contributed by atoms with Gasteiger partial charge in [0.25, 0.3) is 0 Å². The summed E-state index contributed by atoms with van der Waals surface area (Å²) in [5, 5.41) is 2.73. The molecule has 6 nitrogen and oxygen atoms in total. The van der Waals surface area contributed by atoms with Gasteiger partial charge in [0.2, 0.25) is 0 Å². The van der Waals surface area contributed by atoms with Crippen LogP contribution >= 0.6 is 0 Å². The Morgan fingerprint density at radius 1 is 1.21 bits per heavy atom. The molecule has 0 fully saturated rings. The van der Waals surface area contributed by atoms with Gasteiger partial charge in [-0.3, -0.25) is 4.79 Å². The molecule has 1 amide bonds. The highest BCUT2D eigenvalue weighted by atomic mass is 16.6. The first-order valence-corrected chi connectivity index (χ1v) is 10.6. The second kappa shape index (κ2) is 11.1. The zero-order valence-electron chi connectivity index (χ0n) is 18.2. The monoisotopic (exact) mass is 405 g/mol. The van der Waals surface area contributed by atoms with Crippen molar-refractivity contribution in [1.29, 1.82) is 0 Å². The Balaban J connectivity index is 1.77. The molecular weight excluding hydrogens is 370 g/mol. The molecule has 0 radical (unpaired) electrons. The number of hydrogen-bond acceptors (Lipinski definition) is 5. The summed E-state index contributed by atoms with van der Waals surface area (Å²) >= 11 is 0. The number of aryl methyl sites for hydroxylation is 1. The lowest BCUT2D eigenvalue weighted by atomic mass is 9.94. The number of ether oxygens (including phenoxy) is 3. The third-order valence-electron chi connectivity index (χ3n) is 4.76. The fourth-order valence-corrected chi connectivity index (χ4v) is 3.51. The Kier molecular flexibility index (Phi) is 8.80. The first-order valence-electron chi connectivity index (χ1n) is 10.6. The van der Waals surface area contributed by atoms with Crippen molar-refractivity contribution in [2.24, 2.45) is 5.92 Å². The van der Waals surface area contributed by atoms with E-state index in [9.17, 15) is 9.59 Å². The molecule has 162 valence electrons. The number of nitrogens with one attached hydrogen (secondary N) is 1. The van der Waals surface area contributed by atoms with Gasteiger partial charge in [-0.2, -0.15) is 0 Å². The van der Waals surface area contributed by atoms with E-state index in [-0.39, 0.29) is 5.97 Å². The largest absolute Gasteiger partial charge is 0.494 e. The fraction of sp³-hybridized carbons (Fsp3) is 0.652. The number of esters is 1. The normalized spacial score (nSPS) is 16.3. The van der Waals surface area contributed by atoms with E-state index in [1.165, 1.54) is 11.1 Å². The summed E-state index contributed by atoms with van der Waals surface area (Å²) in [6.45, 7) is 8.84. The third kappa shape index (κ3) is 8.75. The molecule has 2 rings (SSSR count). The lowest BCUT2D eigenvalue weighted by molar-refractivity contribution is -0.144. The zero-order valence-corrected chi connectivity index (χ0v) is 18.2. The van der Waals surface area contributed by atoms with Crippen LogP contribution in [0, 0.1) is 5.92 Å². The second-order valence-electron chi connectivity index (χ2n) is 8.53. The maximum Gasteiger partial charge on any atom is 0.407 e. The van der Waals surface area contributed by atoms with Crippen molar-refractivity contribution in [2.75, 3.05) is 19.8 Å². The third-order valence-corrected chi connectivity index (χ3v) is 4.76. The van der Waals surface area contributed by atoms with Crippen LogP contribution in [0.2, 0.25) is 0 Å². The smallest absolute Gasteiger partial charge is 0.407 e. The molecular formula is C23H35NO5. The molecule has 1 aliphatic rings. The van der Waals surface area contributed by atoms with Crippen LogP contribution in [0.15, 0.2) is 18.2 Å². The molecule has 0 bridgehead atoms. The molecule has 1 N–H and O–H groups in total. The van der Waals surface area contributed by atoms with Crippen molar-refractivity contribution < 1.29 is 23.8 Å². The van der Waals surface area contributed by atoms with E-state index in [0.717, 1.165) is 31.4 Å². The number of amides is 1. The quantitative estimate of drug-likeness (QED) is 0.393. The van der Waals surface area contributed by atoms with Crippen LogP contribution in [0.1, 0.15) is 64.5 Å². The molecule has 0 aromatic heterocycles. The fourth-order valence-electron chi connectivity index (χ4n) is 3.51. The van der Waals surface area contributed by atoms with Crippen LogP contribution in [0.5, 0.6) is 5.75 Å². The van der Waals surface area contributed by atoms with Gasteiger partial charge in [0.1, 0.15) is 11.4 Å². The van der Waals surface area contributed by atoms with E-state index < -0.39 is 11.7 Å². The SMILES string of the molecule is CCOC(=O)CC1CCCc2cc(OCCCNC(=O)OC(C)(C)C)ccc2C1. The Morgan fingerprint density at radius 2 is 2.00 bits per heavy atom. The number of hydrogen-bond donors (Lipinski definition) is 1. The molecule has 0 saturated carbocycles. The number of carbonyl (C=O) groups excluding carboxylic acids is 2. The van der Waals surface area contributed by atoms with E-state index in [0.29, 0.717) is 38.5 Å². The Bertz CT molecular complexity index is 680. The van der Waals surface area contributed by atoms with E-state index in [2.05, 4.69) is 17.4 Å². The summed E-state index contributed by atoms with van der Waals surface area (Å²) in [7, 11) is 0. The highest BCUT2D eigenvalue weighted by Crippen LogP contribution is 2.29. The molecule has 0 heterocycles. The van der Waals surface area contributed by atoms with Crippen LogP contribution < -0.4 is 10.1 Å². The van der Waals surface area contributed by atoms with Gasteiger partial charge in [0, 0.05) is 13.0 Å². The molecule has 0 spiro atoms. The van der Waals surface area contributed by atoms with Crippen molar-refractivity contribution in [3.05, 3.63) is 29.3 Å². The van der Waals surface area contributed by atoms with Crippen molar-refractivity contribution in [3.8, 4) is 5.75 Å². The Labute approximate surface area is 174 Å². The highest BCUT2D eigenvalue weighted by molar-refractivity contribution is 5.69. The predicted molar refractivity (Wildman–Crippen MR) is 112 cm³/mol. The Morgan fingerprint density at radius 3 is 2.72 bits per heavy atom. The molecule has 0 saturated heterocycles. The molecule has 1 aromatic rings. The number of rotatable bonds is 8. The molecule has 1 atom stereocenters. The van der Waals surface area contributed by atoms with Crippen LogP contribution in [-0.4, -0.2) is 37.4 Å². The maximum absolute atomic E-state index is 11.8. The lowest BCUT2D eigenvalue weighted by Crippen LogP contribution is -2.33. The summed E-state index contributed by atoms with van der Waals surface area (Å²) in [5.41, 5.74) is 2.12. The topological polar surface area (TPSA) is 73.9 Å². The second-order valence-corrected chi connectivity index (χ2v) is 8.53. The van der Waals surface area contributed by atoms with Gasteiger partial charge in [0.15, 0.2) is 0 Å². The van der Waals surface area contributed by atoms with Gasteiger partial charge in [-0.25, -0.2) is 4.79 Å². The molecule has 1 aliphatic carbocycles. The molecule has 6 heteroatoms. The standard InChI is InChI=1S/C23H35NO5/c1-5-27-21(25)15-17-8-6-9-18-16-20(11-10-19(18)14-17)28-13-7-12-24-22(26)29-23(2,3)4/h10-11,16-17H,5-9,12-15H2,1-4H3,(H,24,26). The lowest BCUT2D eigenvalue weighted by Gasteiger charge is -2.19. The minimum atomic E-state index is -0.488. The van der Waals surface area contributed by atoms with Crippen molar-refractivity contribution in [1.82, 2.24) is 5.32 Å². The van der Waals surface area contributed by atoms with Gasteiger partial charge in [-0.1, -0.05) is 6.07 Å². The van der Waals surface area contributed by atoms with Crippen LogP contribution in [0.25, 0.3) is 0 Å². The number of benzene rings is 1. The molecule has 1 aromatic carbocycles. The van der Waals surface area contributed by atoms with Gasteiger partial charge in [0.05, 0.1) is 13.2 Å². The van der Waals surface area contributed by atoms with Crippen molar-refractivity contribution in [2.45, 2.75) is 71.8 Å². The summed E-state index contributed by atoms with van der Waals surface area (Å²) < 4.78 is 16.2. The van der Waals surface area contributed by atoms with E-state index >= 15 is 0 Å². The maximum atomic E-state index is 11.8. The van der Waals surface area contributed by atoms with Gasteiger partial charge in [-0.05, 0) is 89.0 Å². The molecule has 1 unspecified atom stereocenters. The van der Waals surface area contributed by atoms with E-state index in [1.807, 2.05) is 33.8 Å². The first-order chi connectivity index (χ1) is 13.8. The van der Waals surface area contributed by atoms with Crippen LogP contribution in [0.3, 0.4) is 0 Å². The summed E-state index contributed by atoms with van der Waals surface area (Å²) in [6.07, 6.45) is 4.83. The van der Waals surface area contributed by atoms with Crippen LogP contribution in [-0.2, 0) is 27.1 Å². The first kappa shape index (κ1) is 23.0. The van der Waals surface area contributed by atoms with Crippen LogP contribution in [0.4, 0.5) is 4.79 Å². The van der Waals surface area contributed by atoms with E-state index in [1.54, 1.807) is 0 Å².